The second kappa shape index (κ2) is 5.47. The summed E-state index contributed by atoms with van der Waals surface area (Å²) in [6.45, 7) is 4.67. The lowest BCUT2D eigenvalue weighted by molar-refractivity contribution is -0.385. The molecule has 1 aromatic heterocycles. The molecule has 108 valence electrons. The standard InChI is InChI=1S/C10H12N4O6/c1-10(2,3)20-9(17)13(8(15)16)7-11-4-6(5-12-7)14(18)19/h4-5H,1-3H3,(H,15,16). The second-order valence-electron chi connectivity index (χ2n) is 4.60. The van der Waals surface area contributed by atoms with E-state index in [9.17, 15) is 19.7 Å². The number of nitrogens with zero attached hydrogens (tertiary/aromatic N) is 4. The molecule has 0 radical (unpaired) electrons. The lowest BCUT2D eigenvalue weighted by Gasteiger charge is -2.23. The van der Waals surface area contributed by atoms with Gasteiger partial charge in [0.2, 0.25) is 5.95 Å². The number of ether oxygens (including phenoxy) is 1. The van der Waals surface area contributed by atoms with Crippen LogP contribution in [0.25, 0.3) is 0 Å². The van der Waals surface area contributed by atoms with E-state index in [0.717, 1.165) is 12.4 Å². The van der Waals surface area contributed by atoms with Crippen LogP contribution in [0, 0.1) is 10.1 Å². The van der Waals surface area contributed by atoms with Crippen LogP contribution in [0.15, 0.2) is 12.4 Å². The third kappa shape index (κ3) is 3.86. The molecule has 2 amide bonds. The van der Waals surface area contributed by atoms with Crippen molar-refractivity contribution < 1.29 is 24.4 Å². The van der Waals surface area contributed by atoms with Crippen molar-refractivity contribution in [1.82, 2.24) is 9.97 Å². The highest BCUT2D eigenvalue weighted by molar-refractivity contribution is 6.07. The number of carbonyl (C=O) groups is 2. The van der Waals surface area contributed by atoms with Crippen molar-refractivity contribution in [1.29, 1.82) is 0 Å². The minimum Gasteiger partial charge on any atom is -0.464 e. The van der Waals surface area contributed by atoms with E-state index in [1.54, 1.807) is 20.8 Å². The summed E-state index contributed by atoms with van der Waals surface area (Å²) >= 11 is 0. The smallest absolute Gasteiger partial charge is 0.427 e. The molecule has 1 rings (SSSR count). The van der Waals surface area contributed by atoms with Gasteiger partial charge in [-0.25, -0.2) is 19.6 Å². The van der Waals surface area contributed by atoms with Crippen LogP contribution < -0.4 is 4.90 Å². The van der Waals surface area contributed by atoms with Gasteiger partial charge < -0.3 is 9.84 Å². The van der Waals surface area contributed by atoms with Gasteiger partial charge in [0.15, 0.2) is 0 Å². The predicted molar refractivity (Wildman–Crippen MR) is 65.4 cm³/mol. The summed E-state index contributed by atoms with van der Waals surface area (Å²) in [5, 5.41) is 19.4. The average Bonchev–Trinajstić information content (AvgIpc) is 2.26. The molecular weight excluding hydrogens is 272 g/mol. The van der Waals surface area contributed by atoms with Crippen LogP contribution in [0.5, 0.6) is 0 Å². The molecule has 10 nitrogen and oxygen atoms in total. The van der Waals surface area contributed by atoms with Gasteiger partial charge in [-0.1, -0.05) is 0 Å². The van der Waals surface area contributed by atoms with Gasteiger partial charge in [-0.15, -0.1) is 4.90 Å². The molecule has 10 heteroatoms. The zero-order valence-electron chi connectivity index (χ0n) is 10.9. The van der Waals surface area contributed by atoms with Gasteiger partial charge >= 0.3 is 17.9 Å². The van der Waals surface area contributed by atoms with Crippen LogP contribution in [-0.4, -0.2) is 37.8 Å². The minimum atomic E-state index is -1.66. The van der Waals surface area contributed by atoms with Crippen molar-refractivity contribution in [3.8, 4) is 0 Å². The third-order valence-electron chi connectivity index (χ3n) is 1.80. The monoisotopic (exact) mass is 284 g/mol. The molecule has 0 fully saturated rings. The Morgan fingerprint density at radius 3 is 2.20 bits per heavy atom. The fourth-order valence-corrected chi connectivity index (χ4v) is 1.08. The molecule has 1 N–H and O–H groups in total. The van der Waals surface area contributed by atoms with Crippen LogP contribution in [0.1, 0.15) is 20.8 Å². The van der Waals surface area contributed by atoms with Gasteiger partial charge in [0.1, 0.15) is 18.0 Å². The van der Waals surface area contributed by atoms with E-state index in [2.05, 4.69) is 9.97 Å². The van der Waals surface area contributed by atoms with E-state index in [1.807, 2.05) is 0 Å². The van der Waals surface area contributed by atoms with Crippen LogP contribution in [-0.2, 0) is 4.74 Å². The van der Waals surface area contributed by atoms with E-state index in [1.165, 1.54) is 0 Å². The zero-order chi connectivity index (χ0) is 15.5. The fourth-order valence-electron chi connectivity index (χ4n) is 1.08. The number of carbonyl (C=O) groups excluding carboxylic acids is 1. The number of amides is 2. The molecule has 0 saturated carbocycles. The maximum Gasteiger partial charge on any atom is 0.427 e. The van der Waals surface area contributed by atoms with Crippen molar-refractivity contribution in [2.45, 2.75) is 26.4 Å². The normalized spacial score (nSPS) is 10.8. The fraction of sp³-hybridized carbons (Fsp3) is 0.400. The molecule has 0 saturated heterocycles. The summed E-state index contributed by atoms with van der Waals surface area (Å²) in [6.07, 6.45) is -1.27. The van der Waals surface area contributed by atoms with Crippen LogP contribution in [0.2, 0.25) is 0 Å². The molecule has 1 aromatic rings. The second-order valence-corrected chi connectivity index (χ2v) is 4.60. The molecule has 0 spiro atoms. The number of hydrogen-bond acceptors (Lipinski definition) is 7. The number of nitro groups is 1. The maximum atomic E-state index is 11.7. The topological polar surface area (TPSA) is 136 Å². The molecule has 1 heterocycles. The Kier molecular flexibility index (Phi) is 4.17. The molecule has 20 heavy (non-hydrogen) atoms. The van der Waals surface area contributed by atoms with Gasteiger partial charge in [0.25, 0.3) is 0 Å². The molecular formula is C10H12N4O6. The van der Waals surface area contributed by atoms with E-state index in [-0.39, 0.29) is 4.90 Å². The predicted octanol–water partition coefficient (Wildman–Crippen LogP) is 1.80. The molecule has 0 unspecified atom stereocenters. The maximum absolute atomic E-state index is 11.7. The zero-order valence-corrected chi connectivity index (χ0v) is 10.9. The summed E-state index contributed by atoms with van der Waals surface area (Å²) in [6, 6.07) is 0. The van der Waals surface area contributed by atoms with Gasteiger partial charge in [0, 0.05) is 0 Å². The number of rotatable bonds is 2. The number of imide groups is 1. The van der Waals surface area contributed by atoms with Gasteiger partial charge in [-0.2, -0.15) is 0 Å². The first-order valence-electron chi connectivity index (χ1n) is 5.34. The number of anilines is 1. The average molecular weight is 284 g/mol. The first kappa shape index (κ1) is 15.3. The van der Waals surface area contributed by atoms with Crippen molar-refractivity contribution in [2.75, 3.05) is 4.90 Å². The number of aromatic nitrogens is 2. The van der Waals surface area contributed by atoms with Crippen molar-refractivity contribution in [3.05, 3.63) is 22.5 Å². The molecule has 0 bridgehead atoms. The Bertz CT molecular complexity index is 536. The Hall–Kier alpha value is -2.78. The van der Waals surface area contributed by atoms with E-state index >= 15 is 0 Å². The summed E-state index contributed by atoms with van der Waals surface area (Å²) in [7, 11) is 0. The lowest BCUT2D eigenvalue weighted by Crippen LogP contribution is -2.41. The summed E-state index contributed by atoms with van der Waals surface area (Å²) in [5.41, 5.74) is -1.34. The van der Waals surface area contributed by atoms with E-state index < -0.39 is 34.3 Å². The highest BCUT2D eigenvalue weighted by Crippen LogP contribution is 2.16. The molecule has 0 aliphatic carbocycles. The third-order valence-corrected chi connectivity index (χ3v) is 1.80. The molecule has 0 atom stereocenters. The van der Waals surface area contributed by atoms with Crippen molar-refractivity contribution in [2.24, 2.45) is 0 Å². The first-order chi connectivity index (χ1) is 9.11. The quantitative estimate of drug-likeness (QED) is 0.641. The highest BCUT2D eigenvalue weighted by atomic mass is 16.6. The highest BCUT2D eigenvalue weighted by Gasteiger charge is 2.31. The van der Waals surface area contributed by atoms with Crippen LogP contribution >= 0.6 is 0 Å². The van der Waals surface area contributed by atoms with Gasteiger partial charge in [-0.3, -0.25) is 10.1 Å². The Balaban J connectivity index is 3.05. The Morgan fingerprint density at radius 1 is 1.35 bits per heavy atom. The number of carboxylic acid groups (broad SMARTS) is 1. The first-order valence-corrected chi connectivity index (χ1v) is 5.34. The number of hydrogen-bond donors (Lipinski definition) is 1. The summed E-state index contributed by atoms with van der Waals surface area (Å²) < 4.78 is 4.89. The van der Waals surface area contributed by atoms with E-state index in [4.69, 9.17) is 9.84 Å². The van der Waals surface area contributed by atoms with Crippen LogP contribution in [0.3, 0.4) is 0 Å². The molecule has 0 aliphatic heterocycles. The van der Waals surface area contributed by atoms with Crippen molar-refractivity contribution >= 4 is 23.8 Å². The van der Waals surface area contributed by atoms with Gasteiger partial charge in [-0.05, 0) is 20.8 Å². The Morgan fingerprint density at radius 2 is 1.85 bits per heavy atom. The summed E-state index contributed by atoms with van der Waals surface area (Å²) in [4.78, 5) is 39.6. The molecule has 0 aromatic carbocycles. The SMILES string of the molecule is CC(C)(C)OC(=O)N(C(=O)O)c1ncc([N+](=O)[O-])cn1. The van der Waals surface area contributed by atoms with Crippen LogP contribution in [0.4, 0.5) is 21.2 Å². The summed E-state index contributed by atoms with van der Waals surface area (Å²) in [5.74, 6) is -0.530. The van der Waals surface area contributed by atoms with Gasteiger partial charge in [0.05, 0.1) is 4.92 Å². The van der Waals surface area contributed by atoms with Crippen molar-refractivity contribution in [3.63, 3.8) is 0 Å². The largest absolute Gasteiger partial charge is 0.464 e. The molecule has 0 aliphatic rings. The minimum absolute atomic E-state index is 0.162. The van der Waals surface area contributed by atoms with E-state index in [0.29, 0.717) is 0 Å². The Labute approximate surface area is 113 Å². The lowest BCUT2D eigenvalue weighted by atomic mass is 10.2.